The first-order chi connectivity index (χ1) is 12.3. The predicted molar refractivity (Wildman–Crippen MR) is 97.2 cm³/mol. The van der Waals surface area contributed by atoms with E-state index in [0.717, 1.165) is 24.2 Å². The second-order valence-electron chi connectivity index (χ2n) is 6.57. The van der Waals surface area contributed by atoms with Crippen molar-refractivity contribution in [1.29, 1.82) is 0 Å². The molecule has 0 atom stereocenters. The second-order valence-corrected chi connectivity index (χ2v) is 6.57. The molecule has 5 heteroatoms. The molecule has 1 amide bonds. The van der Waals surface area contributed by atoms with Crippen LogP contribution in [0.1, 0.15) is 42.5 Å². The van der Waals surface area contributed by atoms with Crippen LogP contribution >= 0.6 is 0 Å². The van der Waals surface area contributed by atoms with E-state index in [2.05, 4.69) is 10.3 Å². The van der Waals surface area contributed by atoms with E-state index in [-0.39, 0.29) is 5.91 Å². The lowest BCUT2D eigenvalue weighted by Crippen LogP contribution is -2.36. The lowest BCUT2D eigenvalue weighted by atomic mass is 9.95. The van der Waals surface area contributed by atoms with Crippen molar-refractivity contribution in [3.63, 3.8) is 0 Å². The molecule has 2 heterocycles. The van der Waals surface area contributed by atoms with Gasteiger partial charge in [-0.25, -0.2) is 4.98 Å². The first-order valence-electron chi connectivity index (χ1n) is 8.88. The largest absolute Gasteiger partial charge is 0.349 e. The summed E-state index contributed by atoms with van der Waals surface area (Å²) in [6.45, 7) is 0. The van der Waals surface area contributed by atoms with Gasteiger partial charge in [0, 0.05) is 36.4 Å². The third-order valence-electron chi connectivity index (χ3n) is 4.84. The number of nitrogens with one attached hydrogen (secondary N) is 1. The van der Waals surface area contributed by atoms with Crippen molar-refractivity contribution < 1.29 is 4.79 Å². The lowest BCUT2D eigenvalue weighted by molar-refractivity contribution is 0.0927. The molecule has 0 spiro atoms. The van der Waals surface area contributed by atoms with Gasteiger partial charge in [0.05, 0.1) is 17.7 Å². The van der Waals surface area contributed by atoms with Crippen molar-refractivity contribution in [1.82, 2.24) is 19.4 Å². The van der Waals surface area contributed by atoms with Gasteiger partial charge >= 0.3 is 0 Å². The van der Waals surface area contributed by atoms with E-state index >= 15 is 0 Å². The quantitative estimate of drug-likeness (QED) is 0.790. The molecule has 0 bridgehead atoms. The van der Waals surface area contributed by atoms with Gasteiger partial charge in [0.1, 0.15) is 0 Å². The van der Waals surface area contributed by atoms with Crippen molar-refractivity contribution in [3.8, 4) is 11.4 Å². The molecule has 0 aliphatic heterocycles. The number of carbonyl (C=O) groups excluding carboxylic acids is 1. The van der Waals surface area contributed by atoms with Crippen LogP contribution in [-0.2, 0) is 0 Å². The number of rotatable bonds is 4. The molecule has 2 aromatic heterocycles. The van der Waals surface area contributed by atoms with Crippen LogP contribution in [0.15, 0.2) is 61.4 Å². The maximum absolute atomic E-state index is 12.7. The monoisotopic (exact) mass is 334 g/mol. The molecule has 1 aliphatic rings. The summed E-state index contributed by atoms with van der Waals surface area (Å²) in [5, 5.41) is 3.19. The summed E-state index contributed by atoms with van der Waals surface area (Å²) in [7, 11) is 0. The molecule has 0 saturated heterocycles. The summed E-state index contributed by atoms with van der Waals surface area (Å²) in [5.74, 6) is 0.0116. The van der Waals surface area contributed by atoms with Crippen LogP contribution in [0.4, 0.5) is 0 Å². The highest BCUT2D eigenvalue weighted by atomic mass is 16.1. The molecule has 0 unspecified atom stereocenters. The molecule has 1 aromatic carbocycles. The summed E-state index contributed by atoms with van der Waals surface area (Å²) in [5.41, 5.74) is 2.64. The van der Waals surface area contributed by atoms with Crippen molar-refractivity contribution in [2.24, 2.45) is 0 Å². The van der Waals surface area contributed by atoms with E-state index in [1.807, 2.05) is 58.1 Å². The van der Waals surface area contributed by atoms with E-state index in [0.29, 0.717) is 11.6 Å². The van der Waals surface area contributed by atoms with Gasteiger partial charge in [0.2, 0.25) is 0 Å². The smallest absolute Gasteiger partial charge is 0.251 e. The molecule has 1 N–H and O–H groups in total. The minimum atomic E-state index is 0.0116. The Labute approximate surface area is 147 Å². The minimum absolute atomic E-state index is 0.0116. The van der Waals surface area contributed by atoms with Gasteiger partial charge in [-0.2, -0.15) is 0 Å². The van der Waals surface area contributed by atoms with Gasteiger partial charge in [-0.1, -0.05) is 19.3 Å². The van der Waals surface area contributed by atoms with Crippen molar-refractivity contribution in [2.75, 3.05) is 0 Å². The number of hydrogen-bond acceptors (Lipinski definition) is 2. The van der Waals surface area contributed by atoms with Crippen LogP contribution in [0.3, 0.4) is 0 Å². The van der Waals surface area contributed by atoms with E-state index < -0.39 is 0 Å². The van der Waals surface area contributed by atoms with Crippen molar-refractivity contribution in [2.45, 2.75) is 38.1 Å². The number of aromatic nitrogens is 3. The maximum Gasteiger partial charge on any atom is 0.251 e. The van der Waals surface area contributed by atoms with Crippen molar-refractivity contribution >= 4 is 5.91 Å². The summed E-state index contributed by atoms with van der Waals surface area (Å²) in [6.07, 6.45) is 15.3. The van der Waals surface area contributed by atoms with Gasteiger partial charge in [-0.3, -0.25) is 4.79 Å². The third-order valence-corrected chi connectivity index (χ3v) is 4.84. The van der Waals surface area contributed by atoms with Gasteiger partial charge in [0.25, 0.3) is 5.91 Å². The molecule has 1 fully saturated rings. The van der Waals surface area contributed by atoms with Gasteiger partial charge in [0.15, 0.2) is 0 Å². The minimum Gasteiger partial charge on any atom is -0.349 e. The Morgan fingerprint density at radius 1 is 1.00 bits per heavy atom. The van der Waals surface area contributed by atoms with Gasteiger partial charge in [-0.05, 0) is 43.2 Å². The first kappa shape index (κ1) is 15.7. The summed E-state index contributed by atoms with van der Waals surface area (Å²) in [4.78, 5) is 16.8. The molecule has 3 aromatic rings. The highest BCUT2D eigenvalue weighted by Crippen LogP contribution is 2.22. The van der Waals surface area contributed by atoms with Gasteiger partial charge < -0.3 is 14.5 Å². The lowest BCUT2D eigenvalue weighted by Gasteiger charge is -2.23. The first-order valence-corrected chi connectivity index (χ1v) is 8.88. The van der Waals surface area contributed by atoms with Crippen LogP contribution in [0, 0.1) is 0 Å². The Morgan fingerprint density at radius 3 is 2.52 bits per heavy atom. The zero-order valence-corrected chi connectivity index (χ0v) is 14.1. The van der Waals surface area contributed by atoms with Crippen LogP contribution in [-0.4, -0.2) is 26.1 Å². The van der Waals surface area contributed by atoms with Gasteiger partial charge in [-0.15, -0.1) is 0 Å². The fraction of sp³-hybridized carbons (Fsp3) is 0.300. The number of imidazole rings is 1. The zero-order chi connectivity index (χ0) is 17.1. The Morgan fingerprint density at radius 2 is 1.80 bits per heavy atom. The zero-order valence-electron chi connectivity index (χ0n) is 14.1. The molecular formula is C20H22N4O. The molecule has 1 saturated carbocycles. The second kappa shape index (κ2) is 6.97. The van der Waals surface area contributed by atoms with E-state index in [1.165, 1.54) is 19.3 Å². The fourth-order valence-electron chi connectivity index (χ4n) is 3.50. The number of carbonyl (C=O) groups is 1. The van der Waals surface area contributed by atoms with E-state index in [9.17, 15) is 4.79 Å². The number of nitrogens with zero attached hydrogens (tertiary/aromatic N) is 3. The molecule has 128 valence electrons. The number of amides is 1. The SMILES string of the molecule is O=C(NC1CCCCC1)c1ccc(-n2ccnc2)c(-n2cccc2)c1. The molecule has 0 radical (unpaired) electrons. The highest BCUT2D eigenvalue weighted by Gasteiger charge is 2.18. The number of benzene rings is 1. The third kappa shape index (κ3) is 3.36. The fourth-order valence-corrected chi connectivity index (χ4v) is 3.50. The molecule has 4 rings (SSSR count). The summed E-state index contributed by atoms with van der Waals surface area (Å²) >= 11 is 0. The molecule has 1 aliphatic carbocycles. The number of hydrogen-bond donors (Lipinski definition) is 1. The molecule has 5 nitrogen and oxygen atoms in total. The Hall–Kier alpha value is -2.82. The summed E-state index contributed by atoms with van der Waals surface area (Å²) < 4.78 is 3.98. The topological polar surface area (TPSA) is 51.9 Å². The standard InChI is InChI=1S/C20H22N4O/c25-20(22-17-6-2-1-3-7-17)16-8-9-18(24-13-10-21-15-24)19(14-16)23-11-4-5-12-23/h4-5,8-15,17H,1-3,6-7H2,(H,22,25). The average molecular weight is 334 g/mol. The van der Waals surface area contributed by atoms with E-state index in [1.54, 1.807) is 12.5 Å². The normalized spacial score (nSPS) is 15.2. The average Bonchev–Trinajstić information content (AvgIpc) is 3.36. The molecular weight excluding hydrogens is 312 g/mol. The van der Waals surface area contributed by atoms with Crippen LogP contribution in [0.2, 0.25) is 0 Å². The Kier molecular flexibility index (Phi) is 4.37. The van der Waals surface area contributed by atoms with E-state index in [4.69, 9.17) is 0 Å². The Balaban J connectivity index is 1.65. The predicted octanol–water partition coefficient (Wildman–Crippen LogP) is 3.73. The Bertz CT molecular complexity index is 831. The van der Waals surface area contributed by atoms with Crippen LogP contribution in [0.5, 0.6) is 0 Å². The molecule has 25 heavy (non-hydrogen) atoms. The maximum atomic E-state index is 12.7. The van der Waals surface area contributed by atoms with Crippen LogP contribution in [0.25, 0.3) is 11.4 Å². The highest BCUT2D eigenvalue weighted by molar-refractivity contribution is 5.95. The van der Waals surface area contributed by atoms with Crippen LogP contribution < -0.4 is 5.32 Å². The summed E-state index contributed by atoms with van der Waals surface area (Å²) in [6, 6.07) is 10.1. The van der Waals surface area contributed by atoms with Crippen molar-refractivity contribution in [3.05, 3.63) is 67.0 Å².